The van der Waals surface area contributed by atoms with Crippen molar-refractivity contribution in [3.63, 3.8) is 0 Å². The Hall–Kier alpha value is 0.900. The Morgan fingerprint density at radius 3 is 2.00 bits per heavy atom. The molecule has 1 rings (SSSR count). The van der Waals surface area contributed by atoms with E-state index in [1.54, 1.807) is 0 Å². The summed E-state index contributed by atoms with van der Waals surface area (Å²) >= 11 is 0.771. The topological polar surface area (TPSA) is 115 Å². The number of nitrogens with zero attached hydrogens (tertiary/aromatic N) is 1. The lowest BCUT2D eigenvalue weighted by atomic mass is 10.1. The second-order valence-electron chi connectivity index (χ2n) is 5.29. The molecule has 128 valence electrons. The lowest BCUT2D eigenvalue weighted by molar-refractivity contribution is -0.928. The minimum absolute atomic E-state index is 0. The Kier molecular flexibility index (Phi) is 8.48. The molecular weight excluding hydrogens is 360 g/mol. The first-order valence-corrected chi connectivity index (χ1v) is 11.0. The third kappa shape index (κ3) is 6.13. The Labute approximate surface area is 135 Å². The average molecular weight is 384 g/mol. The summed E-state index contributed by atoms with van der Waals surface area (Å²) in [6, 6.07) is 0. The van der Waals surface area contributed by atoms with Crippen LogP contribution >= 0.6 is 27.0 Å². The number of piperidine rings is 1. The van der Waals surface area contributed by atoms with Crippen LogP contribution in [0.15, 0.2) is 0 Å². The van der Waals surface area contributed by atoms with E-state index in [0.717, 1.165) is 48.7 Å². The molecule has 0 saturated carbocycles. The number of hydrogen-bond donors (Lipinski definition) is 4. The van der Waals surface area contributed by atoms with E-state index in [1.807, 2.05) is 0 Å². The van der Waals surface area contributed by atoms with Crippen LogP contribution in [0, 0.1) is 0 Å². The molecule has 0 aromatic rings. The van der Waals surface area contributed by atoms with Gasteiger partial charge in [-0.15, -0.1) is 11.8 Å². The SMILES string of the molecule is CC[N+]1(CC)CCCC(SC(P(=O)(O)O)P(=O)(O)O)C1.[Cl-]. The van der Waals surface area contributed by atoms with E-state index >= 15 is 0 Å². The fourth-order valence-electron chi connectivity index (χ4n) is 2.70. The number of likely N-dealkylation sites (tertiary alicyclic amines) is 1. The van der Waals surface area contributed by atoms with E-state index in [-0.39, 0.29) is 17.7 Å². The second kappa shape index (κ2) is 8.13. The molecule has 1 unspecified atom stereocenters. The van der Waals surface area contributed by atoms with Gasteiger partial charge in [0.1, 0.15) is 0 Å². The fourth-order valence-corrected chi connectivity index (χ4v) is 7.62. The predicted octanol–water partition coefficient (Wildman–Crippen LogP) is -1.62. The van der Waals surface area contributed by atoms with Crippen molar-refractivity contribution in [1.29, 1.82) is 0 Å². The van der Waals surface area contributed by atoms with Gasteiger partial charge in [0.15, 0.2) is 0 Å². The van der Waals surface area contributed by atoms with Crippen molar-refractivity contribution < 1.29 is 45.6 Å². The highest BCUT2D eigenvalue weighted by Crippen LogP contribution is 2.65. The van der Waals surface area contributed by atoms with Crippen molar-refractivity contribution >= 4 is 27.0 Å². The zero-order chi connectivity index (χ0) is 15.6. The van der Waals surface area contributed by atoms with Gasteiger partial charge in [0.2, 0.25) is 4.73 Å². The first kappa shape index (κ1) is 21.9. The number of quaternary nitrogens is 1. The Morgan fingerprint density at radius 1 is 1.14 bits per heavy atom. The maximum absolute atomic E-state index is 11.3. The van der Waals surface area contributed by atoms with E-state index in [4.69, 9.17) is 0 Å². The molecule has 0 radical (unpaired) electrons. The minimum Gasteiger partial charge on any atom is -1.00 e. The summed E-state index contributed by atoms with van der Waals surface area (Å²) in [7, 11) is -9.66. The van der Waals surface area contributed by atoms with E-state index < -0.39 is 19.9 Å². The third-order valence-corrected chi connectivity index (χ3v) is 10.3. The van der Waals surface area contributed by atoms with Gasteiger partial charge in [-0.25, -0.2) is 0 Å². The monoisotopic (exact) mass is 383 g/mol. The average Bonchev–Trinajstić information content (AvgIpc) is 2.33. The molecule has 1 atom stereocenters. The summed E-state index contributed by atoms with van der Waals surface area (Å²) in [5.41, 5.74) is 0. The van der Waals surface area contributed by atoms with E-state index in [2.05, 4.69) is 13.8 Å². The van der Waals surface area contributed by atoms with Crippen LogP contribution in [0.4, 0.5) is 0 Å². The summed E-state index contributed by atoms with van der Waals surface area (Å²) in [4.78, 5) is 36.7. The van der Waals surface area contributed by atoms with Crippen LogP contribution < -0.4 is 12.4 Å². The van der Waals surface area contributed by atoms with Gasteiger partial charge in [-0.3, -0.25) is 9.13 Å². The van der Waals surface area contributed by atoms with Crippen LogP contribution in [-0.2, 0) is 9.13 Å². The quantitative estimate of drug-likeness (QED) is 0.322. The first-order chi connectivity index (χ1) is 9.04. The van der Waals surface area contributed by atoms with Crippen LogP contribution in [0.2, 0.25) is 0 Å². The predicted molar refractivity (Wildman–Crippen MR) is 79.6 cm³/mol. The maximum atomic E-state index is 11.3. The number of halogens is 1. The molecule has 0 aromatic carbocycles. The van der Waals surface area contributed by atoms with Gasteiger partial charge in [-0.05, 0) is 26.7 Å². The second-order valence-corrected chi connectivity index (χ2v) is 11.2. The first-order valence-electron chi connectivity index (χ1n) is 6.65. The normalized spacial score (nSPS) is 22.9. The molecule has 1 saturated heterocycles. The van der Waals surface area contributed by atoms with Crippen molar-refractivity contribution in [1.82, 2.24) is 0 Å². The van der Waals surface area contributed by atoms with Crippen LogP contribution in [0.1, 0.15) is 26.7 Å². The summed E-state index contributed by atoms with van der Waals surface area (Å²) in [6.07, 6.45) is 1.65. The zero-order valence-electron chi connectivity index (χ0n) is 12.1. The van der Waals surface area contributed by atoms with Gasteiger partial charge < -0.3 is 36.5 Å². The molecule has 11 heteroatoms. The molecule has 1 fully saturated rings. The summed E-state index contributed by atoms with van der Waals surface area (Å²) in [5.74, 6) is 0. The van der Waals surface area contributed by atoms with Gasteiger partial charge in [0.05, 0.1) is 31.4 Å². The molecule has 1 aliphatic heterocycles. The van der Waals surface area contributed by atoms with Crippen LogP contribution in [0.3, 0.4) is 0 Å². The Bertz CT molecular complexity index is 402. The molecule has 0 bridgehead atoms. The van der Waals surface area contributed by atoms with Crippen LogP contribution in [0.25, 0.3) is 0 Å². The highest BCUT2D eigenvalue weighted by atomic mass is 35.5. The summed E-state index contributed by atoms with van der Waals surface area (Å²) in [6.45, 7) is 7.70. The molecule has 4 N–H and O–H groups in total. The minimum atomic E-state index is -4.83. The van der Waals surface area contributed by atoms with Gasteiger partial charge in [-0.2, -0.15) is 0 Å². The molecule has 21 heavy (non-hydrogen) atoms. The Morgan fingerprint density at radius 2 is 1.62 bits per heavy atom. The summed E-state index contributed by atoms with van der Waals surface area (Å²) < 4.78 is 21.6. The van der Waals surface area contributed by atoms with Gasteiger partial charge in [0, 0.05) is 0 Å². The lowest BCUT2D eigenvalue weighted by Crippen LogP contribution is -3.00. The van der Waals surface area contributed by atoms with E-state index in [1.165, 1.54) is 0 Å². The Balaban J connectivity index is 0.00000400. The van der Waals surface area contributed by atoms with Gasteiger partial charge in [0.25, 0.3) is 0 Å². The van der Waals surface area contributed by atoms with E-state index in [9.17, 15) is 28.7 Å². The molecule has 0 aromatic heterocycles. The van der Waals surface area contributed by atoms with Gasteiger partial charge >= 0.3 is 15.2 Å². The van der Waals surface area contributed by atoms with Crippen molar-refractivity contribution in [2.24, 2.45) is 0 Å². The standard InChI is InChI=1S/C10H23NO6P2S.ClH/c1-3-11(4-2)7-5-6-9(8-11)20-10(18(12,13)14)19(15,16)17;/h9-10H,3-8H2,1-2H3,(H3-,12,13,14,15,16,17);1H. The van der Waals surface area contributed by atoms with Crippen molar-refractivity contribution in [2.45, 2.75) is 36.7 Å². The highest BCUT2D eigenvalue weighted by Gasteiger charge is 2.47. The van der Waals surface area contributed by atoms with Crippen molar-refractivity contribution in [3.05, 3.63) is 0 Å². The fraction of sp³-hybridized carbons (Fsp3) is 1.00. The summed E-state index contributed by atoms with van der Waals surface area (Å²) in [5, 5.41) is -0.131. The number of rotatable bonds is 6. The smallest absolute Gasteiger partial charge is 0.350 e. The van der Waals surface area contributed by atoms with Crippen LogP contribution in [0.5, 0.6) is 0 Å². The molecular formula is C10H24ClNO6P2S. The van der Waals surface area contributed by atoms with Crippen molar-refractivity contribution in [2.75, 3.05) is 26.2 Å². The molecule has 0 aliphatic carbocycles. The molecule has 1 heterocycles. The third-order valence-electron chi connectivity index (χ3n) is 3.98. The highest BCUT2D eigenvalue weighted by molar-refractivity contribution is 8.12. The van der Waals surface area contributed by atoms with Crippen molar-refractivity contribution in [3.8, 4) is 0 Å². The number of thioether (sulfide) groups is 1. The molecule has 0 spiro atoms. The van der Waals surface area contributed by atoms with E-state index in [0.29, 0.717) is 6.54 Å². The largest absolute Gasteiger partial charge is 1.00 e. The molecule has 1 aliphatic rings. The van der Waals surface area contributed by atoms with Gasteiger partial charge in [-0.1, -0.05) is 0 Å². The lowest BCUT2D eigenvalue weighted by Gasteiger charge is -2.43. The zero-order valence-corrected chi connectivity index (χ0v) is 15.5. The maximum Gasteiger partial charge on any atom is 0.350 e. The molecule has 0 amide bonds. The number of hydrogen-bond acceptors (Lipinski definition) is 3. The van der Waals surface area contributed by atoms with Crippen LogP contribution in [-0.4, -0.2) is 60.2 Å². The molecule has 7 nitrogen and oxygen atoms in total.